The van der Waals surface area contributed by atoms with Crippen LogP contribution in [-0.4, -0.2) is 38.3 Å². The van der Waals surface area contributed by atoms with Gasteiger partial charge in [0, 0.05) is 31.7 Å². The lowest BCUT2D eigenvalue weighted by Crippen LogP contribution is -2.45. The van der Waals surface area contributed by atoms with E-state index in [9.17, 15) is 4.79 Å². The van der Waals surface area contributed by atoms with Crippen LogP contribution in [0, 0.1) is 5.92 Å². The summed E-state index contributed by atoms with van der Waals surface area (Å²) >= 11 is 0. The van der Waals surface area contributed by atoms with Crippen LogP contribution in [0.1, 0.15) is 25.7 Å². The zero-order chi connectivity index (χ0) is 10.5. The van der Waals surface area contributed by atoms with Gasteiger partial charge in [-0.2, -0.15) is 0 Å². The highest BCUT2D eigenvalue weighted by molar-refractivity contribution is 5.78. The highest BCUT2D eigenvalue weighted by Gasteiger charge is 2.22. The third kappa shape index (κ3) is 3.18. The largest absolute Gasteiger partial charge is 0.381 e. The molecule has 86 valence electrons. The Morgan fingerprint density at radius 1 is 1.33 bits per heavy atom. The number of ether oxygens (including phenoxy) is 1. The number of rotatable bonds is 4. The molecule has 0 aliphatic carbocycles. The van der Waals surface area contributed by atoms with Gasteiger partial charge in [0.2, 0.25) is 5.91 Å². The molecule has 0 spiro atoms. The van der Waals surface area contributed by atoms with E-state index in [1.54, 1.807) is 0 Å². The van der Waals surface area contributed by atoms with E-state index in [4.69, 9.17) is 4.74 Å². The van der Waals surface area contributed by atoms with E-state index in [1.807, 2.05) is 0 Å². The maximum atomic E-state index is 11.7. The van der Waals surface area contributed by atoms with Crippen LogP contribution >= 0.6 is 0 Å². The van der Waals surface area contributed by atoms with Crippen molar-refractivity contribution in [1.29, 1.82) is 0 Å². The standard InChI is InChI=1S/C11H20N2O2/c14-11(9-3-7-15-8-4-9)13-6-2-10-1-5-12-10/h9-10,12H,1-8H2,(H,13,14). The number of amides is 1. The minimum atomic E-state index is 0.188. The van der Waals surface area contributed by atoms with Gasteiger partial charge in [-0.25, -0.2) is 0 Å². The molecule has 15 heavy (non-hydrogen) atoms. The van der Waals surface area contributed by atoms with E-state index >= 15 is 0 Å². The summed E-state index contributed by atoms with van der Waals surface area (Å²) in [6.07, 6.45) is 4.09. The number of nitrogens with one attached hydrogen (secondary N) is 2. The van der Waals surface area contributed by atoms with Crippen LogP contribution in [0.4, 0.5) is 0 Å². The lowest BCUT2D eigenvalue weighted by atomic mass is 9.99. The van der Waals surface area contributed by atoms with Crippen LogP contribution in [0.3, 0.4) is 0 Å². The molecule has 1 unspecified atom stereocenters. The fourth-order valence-electron chi connectivity index (χ4n) is 2.07. The summed E-state index contributed by atoms with van der Waals surface area (Å²) in [4.78, 5) is 11.7. The molecular formula is C11H20N2O2. The first-order valence-electron chi connectivity index (χ1n) is 5.95. The van der Waals surface area contributed by atoms with E-state index in [0.717, 1.165) is 45.6 Å². The smallest absolute Gasteiger partial charge is 0.223 e. The third-order valence-electron chi connectivity index (χ3n) is 3.31. The molecule has 0 bridgehead atoms. The third-order valence-corrected chi connectivity index (χ3v) is 3.31. The minimum Gasteiger partial charge on any atom is -0.381 e. The Bertz CT molecular complexity index is 211. The zero-order valence-corrected chi connectivity index (χ0v) is 9.13. The Labute approximate surface area is 90.8 Å². The lowest BCUT2D eigenvalue weighted by Gasteiger charge is -2.28. The van der Waals surface area contributed by atoms with E-state index in [0.29, 0.717) is 6.04 Å². The Morgan fingerprint density at radius 2 is 2.07 bits per heavy atom. The monoisotopic (exact) mass is 212 g/mol. The molecule has 1 amide bonds. The van der Waals surface area contributed by atoms with Gasteiger partial charge in [-0.3, -0.25) is 4.79 Å². The molecule has 0 aromatic rings. The van der Waals surface area contributed by atoms with Crippen molar-refractivity contribution in [2.75, 3.05) is 26.3 Å². The van der Waals surface area contributed by atoms with Crippen molar-refractivity contribution in [3.63, 3.8) is 0 Å². The first-order chi connectivity index (χ1) is 7.36. The van der Waals surface area contributed by atoms with Gasteiger partial charge >= 0.3 is 0 Å². The van der Waals surface area contributed by atoms with E-state index in [2.05, 4.69) is 10.6 Å². The fourth-order valence-corrected chi connectivity index (χ4v) is 2.07. The van der Waals surface area contributed by atoms with Crippen molar-refractivity contribution in [3.05, 3.63) is 0 Å². The number of carbonyl (C=O) groups is 1. The first kappa shape index (κ1) is 10.9. The maximum Gasteiger partial charge on any atom is 0.223 e. The Balaban J connectivity index is 1.58. The van der Waals surface area contributed by atoms with Gasteiger partial charge in [0.25, 0.3) is 0 Å². The van der Waals surface area contributed by atoms with Gasteiger partial charge in [0.1, 0.15) is 0 Å². The molecule has 1 atom stereocenters. The van der Waals surface area contributed by atoms with Crippen molar-refractivity contribution in [3.8, 4) is 0 Å². The summed E-state index contributed by atoms with van der Waals surface area (Å²) in [7, 11) is 0. The Hall–Kier alpha value is -0.610. The van der Waals surface area contributed by atoms with Crippen LogP contribution in [0.25, 0.3) is 0 Å². The predicted molar refractivity (Wildman–Crippen MR) is 57.6 cm³/mol. The van der Waals surface area contributed by atoms with Gasteiger partial charge < -0.3 is 15.4 Å². The number of hydrogen-bond donors (Lipinski definition) is 2. The molecule has 2 rings (SSSR count). The van der Waals surface area contributed by atoms with Gasteiger partial charge in [-0.15, -0.1) is 0 Å². The molecule has 2 N–H and O–H groups in total. The van der Waals surface area contributed by atoms with E-state index in [-0.39, 0.29) is 11.8 Å². The minimum absolute atomic E-state index is 0.188. The molecule has 2 aliphatic rings. The topological polar surface area (TPSA) is 50.4 Å². The zero-order valence-electron chi connectivity index (χ0n) is 9.13. The number of carbonyl (C=O) groups excluding carboxylic acids is 1. The SMILES string of the molecule is O=C(NCCC1CCN1)C1CCOCC1. The maximum absolute atomic E-state index is 11.7. The van der Waals surface area contributed by atoms with E-state index in [1.165, 1.54) is 6.42 Å². The molecule has 0 radical (unpaired) electrons. The second-order valence-corrected chi connectivity index (χ2v) is 4.41. The van der Waals surface area contributed by atoms with Crippen molar-refractivity contribution in [2.45, 2.75) is 31.7 Å². The predicted octanol–water partition coefficient (Wildman–Crippen LogP) is 0.281. The average Bonchev–Trinajstić information content (AvgIpc) is 2.23. The normalized spacial score (nSPS) is 27.1. The molecule has 0 saturated carbocycles. The van der Waals surface area contributed by atoms with E-state index < -0.39 is 0 Å². The van der Waals surface area contributed by atoms with Crippen LogP contribution < -0.4 is 10.6 Å². The van der Waals surface area contributed by atoms with Crippen molar-refractivity contribution in [2.24, 2.45) is 5.92 Å². The highest BCUT2D eigenvalue weighted by atomic mass is 16.5. The van der Waals surface area contributed by atoms with Crippen molar-refractivity contribution >= 4 is 5.91 Å². The summed E-state index contributed by atoms with van der Waals surface area (Å²) in [6, 6.07) is 0.639. The summed E-state index contributed by atoms with van der Waals surface area (Å²) in [6.45, 7) is 3.43. The second-order valence-electron chi connectivity index (χ2n) is 4.41. The Kier molecular flexibility index (Phi) is 3.97. The molecule has 2 fully saturated rings. The quantitative estimate of drug-likeness (QED) is 0.704. The summed E-state index contributed by atoms with van der Waals surface area (Å²) in [5.74, 6) is 0.408. The van der Waals surface area contributed by atoms with Crippen molar-refractivity contribution in [1.82, 2.24) is 10.6 Å². The van der Waals surface area contributed by atoms with Crippen LogP contribution in [0.2, 0.25) is 0 Å². The summed E-state index contributed by atoms with van der Waals surface area (Å²) in [5.41, 5.74) is 0. The van der Waals surface area contributed by atoms with Gasteiger partial charge in [0.15, 0.2) is 0 Å². The molecular weight excluding hydrogens is 192 g/mol. The van der Waals surface area contributed by atoms with Crippen molar-refractivity contribution < 1.29 is 9.53 Å². The molecule has 2 heterocycles. The number of hydrogen-bond acceptors (Lipinski definition) is 3. The molecule has 4 nitrogen and oxygen atoms in total. The average molecular weight is 212 g/mol. The highest BCUT2D eigenvalue weighted by Crippen LogP contribution is 2.14. The lowest BCUT2D eigenvalue weighted by molar-refractivity contribution is -0.127. The second kappa shape index (κ2) is 5.47. The van der Waals surface area contributed by atoms with Crippen LogP contribution in [0.15, 0.2) is 0 Å². The van der Waals surface area contributed by atoms with Gasteiger partial charge in [0.05, 0.1) is 0 Å². The van der Waals surface area contributed by atoms with Crippen LogP contribution in [-0.2, 0) is 9.53 Å². The summed E-state index contributed by atoms with van der Waals surface area (Å²) in [5, 5.41) is 6.34. The molecule has 4 heteroatoms. The summed E-state index contributed by atoms with van der Waals surface area (Å²) < 4.78 is 5.23. The van der Waals surface area contributed by atoms with Gasteiger partial charge in [-0.05, 0) is 32.2 Å². The molecule has 0 aromatic heterocycles. The molecule has 2 saturated heterocycles. The first-order valence-corrected chi connectivity index (χ1v) is 5.95. The Morgan fingerprint density at radius 3 is 2.67 bits per heavy atom. The van der Waals surface area contributed by atoms with Crippen LogP contribution in [0.5, 0.6) is 0 Å². The molecule has 0 aromatic carbocycles. The molecule has 2 aliphatic heterocycles. The fraction of sp³-hybridized carbons (Fsp3) is 0.909. The van der Waals surface area contributed by atoms with Gasteiger partial charge in [-0.1, -0.05) is 0 Å².